The van der Waals surface area contributed by atoms with Crippen LogP contribution in [-0.4, -0.2) is 21.7 Å². The lowest BCUT2D eigenvalue weighted by atomic mass is 10.2. The van der Waals surface area contributed by atoms with Gasteiger partial charge in [-0.1, -0.05) is 38.1 Å². The fourth-order valence-corrected chi connectivity index (χ4v) is 3.51. The first kappa shape index (κ1) is 13.6. The summed E-state index contributed by atoms with van der Waals surface area (Å²) in [5.74, 6) is 1.08. The van der Waals surface area contributed by atoms with Crippen LogP contribution in [0.25, 0.3) is 10.9 Å². The first-order valence-electron chi connectivity index (χ1n) is 8.15. The normalized spacial score (nSPS) is 23.7. The fourth-order valence-electron chi connectivity index (χ4n) is 3.51. The zero-order valence-corrected chi connectivity index (χ0v) is 13.1. The number of hydrogen-bond donors (Lipinski definition) is 0. The van der Waals surface area contributed by atoms with Crippen molar-refractivity contribution in [3.63, 3.8) is 0 Å². The molecule has 1 aromatic heterocycles. The summed E-state index contributed by atoms with van der Waals surface area (Å²) < 4.78 is 1.85. The van der Waals surface area contributed by atoms with Crippen LogP contribution in [0.3, 0.4) is 0 Å². The molecule has 0 spiro atoms. The van der Waals surface area contributed by atoms with Crippen molar-refractivity contribution in [1.29, 1.82) is 0 Å². The first-order chi connectivity index (χ1) is 10.7. The van der Waals surface area contributed by atoms with Crippen molar-refractivity contribution in [2.75, 3.05) is 5.01 Å². The highest BCUT2D eigenvalue weighted by Crippen LogP contribution is 2.34. The topological polar surface area (TPSA) is 37.9 Å². The van der Waals surface area contributed by atoms with E-state index in [0.29, 0.717) is 17.5 Å². The summed E-state index contributed by atoms with van der Waals surface area (Å²) in [4.78, 5) is 17.8. The van der Waals surface area contributed by atoms with Crippen LogP contribution in [0.5, 0.6) is 0 Å². The van der Waals surface area contributed by atoms with Gasteiger partial charge in [0.15, 0.2) is 0 Å². The molecule has 1 saturated heterocycles. The number of aromatic nitrogens is 2. The SMILES string of the molecule is CC(C)c1nc2ccccc2c(=O)n1N1C2C=CCCCC21. The predicted octanol–water partition coefficient (Wildman–Crippen LogP) is 2.95. The van der Waals surface area contributed by atoms with Gasteiger partial charge in [-0.2, -0.15) is 0 Å². The van der Waals surface area contributed by atoms with Gasteiger partial charge in [0, 0.05) is 5.92 Å². The van der Waals surface area contributed by atoms with Gasteiger partial charge in [-0.15, -0.1) is 0 Å². The molecular weight excluding hydrogens is 274 g/mol. The number of nitrogens with zero attached hydrogens (tertiary/aromatic N) is 3. The van der Waals surface area contributed by atoms with Crippen molar-refractivity contribution in [2.24, 2.45) is 0 Å². The summed E-state index contributed by atoms with van der Waals surface area (Å²) in [6.45, 7) is 4.20. The van der Waals surface area contributed by atoms with Crippen LogP contribution in [0.15, 0.2) is 41.2 Å². The molecule has 114 valence electrons. The Hall–Kier alpha value is -2.10. The monoisotopic (exact) mass is 295 g/mol. The zero-order chi connectivity index (χ0) is 15.3. The zero-order valence-electron chi connectivity index (χ0n) is 13.1. The van der Waals surface area contributed by atoms with Gasteiger partial charge in [0.25, 0.3) is 5.56 Å². The summed E-state index contributed by atoms with van der Waals surface area (Å²) in [6, 6.07) is 8.46. The first-order valence-corrected chi connectivity index (χ1v) is 8.15. The smallest absolute Gasteiger partial charge is 0.280 e. The fraction of sp³-hybridized carbons (Fsp3) is 0.444. The van der Waals surface area contributed by atoms with Crippen molar-refractivity contribution in [2.45, 2.75) is 51.1 Å². The van der Waals surface area contributed by atoms with Gasteiger partial charge < -0.3 is 0 Å². The Morgan fingerprint density at radius 1 is 1.27 bits per heavy atom. The van der Waals surface area contributed by atoms with Crippen LogP contribution >= 0.6 is 0 Å². The van der Waals surface area contributed by atoms with E-state index in [1.807, 2.05) is 28.9 Å². The molecule has 1 fully saturated rings. The minimum Gasteiger partial charge on any atom is -0.294 e. The molecule has 1 aliphatic carbocycles. The third kappa shape index (κ3) is 1.97. The van der Waals surface area contributed by atoms with E-state index in [-0.39, 0.29) is 11.5 Å². The highest BCUT2D eigenvalue weighted by atomic mass is 16.1. The van der Waals surface area contributed by atoms with Crippen molar-refractivity contribution in [3.8, 4) is 0 Å². The Labute approximate surface area is 130 Å². The molecule has 4 nitrogen and oxygen atoms in total. The summed E-state index contributed by atoms with van der Waals surface area (Å²) in [7, 11) is 0. The Morgan fingerprint density at radius 2 is 2.09 bits per heavy atom. The Kier molecular flexibility index (Phi) is 3.06. The molecule has 2 aliphatic rings. The number of hydrogen-bond acceptors (Lipinski definition) is 3. The molecule has 1 aromatic carbocycles. The molecule has 0 radical (unpaired) electrons. The van der Waals surface area contributed by atoms with Gasteiger partial charge in [-0.05, 0) is 31.4 Å². The van der Waals surface area contributed by atoms with E-state index >= 15 is 0 Å². The van der Waals surface area contributed by atoms with Gasteiger partial charge in [-0.25, -0.2) is 9.66 Å². The molecule has 1 aliphatic heterocycles. The van der Waals surface area contributed by atoms with Crippen molar-refractivity contribution in [3.05, 3.63) is 52.6 Å². The third-order valence-corrected chi connectivity index (χ3v) is 4.68. The summed E-state index contributed by atoms with van der Waals surface area (Å²) in [5, 5.41) is 2.92. The van der Waals surface area contributed by atoms with E-state index in [0.717, 1.165) is 24.2 Å². The number of benzene rings is 1. The molecule has 2 heterocycles. The summed E-state index contributed by atoms with van der Waals surface area (Å²) in [5.41, 5.74) is 0.862. The highest BCUT2D eigenvalue weighted by molar-refractivity contribution is 5.77. The number of fused-ring (bicyclic) bond motifs is 2. The van der Waals surface area contributed by atoms with E-state index in [2.05, 4.69) is 31.0 Å². The molecule has 0 saturated carbocycles. The quantitative estimate of drug-likeness (QED) is 0.631. The van der Waals surface area contributed by atoms with Crippen LogP contribution < -0.4 is 10.6 Å². The van der Waals surface area contributed by atoms with Gasteiger partial charge in [0.05, 0.1) is 23.0 Å². The molecule has 4 heteroatoms. The Morgan fingerprint density at radius 3 is 2.91 bits per heavy atom. The maximum absolute atomic E-state index is 13.0. The van der Waals surface area contributed by atoms with E-state index in [1.165, 1.54) is 6.42 Å². The van der Waals surface area contributed by atoms with Crippen LogP contribution in [-0.2, 0) is 0 Å². The maximum Gasteiger partial charge on any atom is 0.280 e. The van der Waals surface area contributed by atoms with Gasteiger partial charge in [0.2, 0.25) is 0 Å². The van der Waals surface area contributed by atoms with Crippen LogP contribution in [0.2, 0.25) is 0 Å². The second-order valence-corrected chi connectivity index (χ2v) is 6.56. The van der Waals surface area contributed by atoms with Gasteiger partial charge >= 0.3 is 0 Å². The molecular formula is C18H21N3O. The van der Waals surface area contributed by atoms with E-state index in [4.69, 9.17) is 4.98 Å². The molecule has 4 rings (SSSR count). The summed E-state index contributed by atoms with van der Waals surface area (Å²) in [6.07, 6.45) is 8.00. The van der Waals surface area contributed by atoms with Gasteiger partial charge in [0.1, 0.15) is 5.82 Å². The molecule has 22 heavy (non-hydrogen) atoms. The van der Waals surface area contributed by atoms with Crippen molar-refractivity contribution >= 4 is 10.9 Å². The molecule has 0 N–H and O–H groups in total. The van der Waals surface area contributed by atoms with Crippen LogP contribution in [0.1, 0.15) is 44.9 Å². The molecule has 2 atom stereocenters. The number of allylic oxidation sites excluding steroid dienone is 1. The second kappa shape index (κ2) is 4.97. The number of rotatable bonds is 2. The summed E-state index contributed by atoms with van der Waals surface area (Å²) >= 11 is 0. The van der Waals surface area contributed by atoms with Crippen LogP contribution in [0.4, 0.5) is 0 Å². The Bertz CT molecular complexity index is 806. The lowest BCUT2D eigenvalue weighted by Crippen LogP contribution is -2.35. The molecule has 2 aromatic rings. The van der Waals surface area contributed by atoms with Crippen molar-refractivity contribution < 1.29 is 0 Å². The predicted molar refractivity (Wildman–Crippen MR) is 88.9 cm³/mol. The average molecular weight is 295 g/mol. The maximum atomic E-state index is 13.0. The third-order valence-electron chi connectivity index (χ3n) is 4.68. The molecule has 0 bridgehead atoms. The van der Waals surface area contributed by atoms with E-state index in [9.17, 15) is 4.79 Å². The highest BCUT2D eigenvalue weighted by Gasteiger charge is 2.48. The van der Waals surface area contributed by atoms with E-state index in [1.54, 1.807) is 0 Å². The Balaban J connectivity index is 1.91. The average Bonchev–Trinajstić information content (AvgIpc) is 3.22. The minimum atomic E-state index is 0.0655. The van der Waals surface area contributed by atoms with Gasteiger partial charge in [-0.3, -0.25) is 9.80 Å². The van der Waals surface area contributed by atoms with Crippen LogP contribution in [0, 0.1) is 0 Å². The second-order valence-electron chi connectivity index (χ2n) is 6.56. The molecule has 2 unspecified atom stereocenters. The van der Waals surface area contributed by atoms with E-state index < -0.39 is 0 Å². The standard InChI is InChI=1S/C18H21N3O/c1-12(2)17-19-14-9-7-6-8-13(14)18(22)21(17)20-15-10-4-3-5-11-16(15)20/h4,6-10,12,15-16H,3,5,11H2,1-2H3. The minimum absolute atomic E-state index is 0.0655. The molecule has 0 amide bonds. The van der Waals surface area contributed by atoms with Crippen molar-refractivity contribution in [1.82, 2.24) is 9.66 Å². The number of para-hydroxylation sites is 1. The lowest BCUT2D eigenvalue weighted by molar-refractivity contribution is 0.614. The lowest BCUT2D eigenvalue weighted by Gasteiger charge is -2.18. The largest absolute Gasteiger partial charge is 0.294 e.